The summed E-state index contributed by atoms with van der Waals surface area (Å²) >= 11 is 0. The second-order valence-corrected chi connectivity index (χ2v) is 7.23. The van der Waals surface area contributed by atoms with E-state index in [9.17, 15) is 8.42 Å². The molecule has 112 valence electrons. The smallest absolute Gasteiger partial charge is 0.175 e. The molecule has 2 aromatic carbocycles. The van der Waals surface area contributed by atoms with Crippen molar-refractivity contribution in [3.63, 3.8) is 0 Å². The Morgan fingerprint density at radius 3 is 2.38 bits per heavy atom. The van der Waals surface area contributed by atoms with Crippen molar-refractivity contribution >= 4 is 9.84 Å². The molecule has 0 spiro atoms. The van der Waals surface area contributed by atoms with E-state index < -0.39 is 9.84 Å². The van der Waals surface area contributed by atoms with Crippen molar-refractivity contribution < 1.29 is 13.2 Å². The topological polar surface area (TPSA) is 43.4 Å². The quantitative estimate of drug-likeness (QED) is 0.863. The Kier molecular flexibility index (Phi) is 4.37. The van der Waals surface area contributed by atoms with Crippen LogP contribution in [0.4, 0.5) is 0 Å². The molecule has 0 aliphatic rings. The number of hydrogen-bond donors (Lipinski definition) is 0. The first-order chi connectivity index (χ1) is 9.81. The summed E-state index contributed by atoms with van der Waals surface area (Å²) in [6, 6.07) is 11.2. The molecule has 21 heavy (non-hydrogen) atoms. The van der Waals surface area contributed by atoms with Gasteiger partial charge in [0.1, 0.15) is 5.75 Å². The molecule has 0 aliphatic carbocycles. The summed E-state index contributed by atoms with van der Waals surface area (Å²) in [7, 11) is -3.21. The molecular formula is C17H20O3S. The second-order valence-electron chi connectivity index (χ2n) is 5.22. The van der Waals surface area contributed by atoms with Gasteiger partial charge in [-0.25, -0.2) is 8.42 Å². The third-order valence-corrected chi connectivity index (χ3v) is 4.42. The summed E-state index contributed by atoms with van der Waals surface area (Å²) in [4.78, 5) is 0.336. The maximum absolute atomic E-state index is 11.7. The number of sulfone groups is 1. The van der Waals surface area contributed by atoms with E-state index in [1.54, 1.807) is 12.1 Å². The van der Waals surface area contributed by atoms with E-state index in [-0.39, 0.29) is 0 Å². The molecule has 0 aliphatic heterocycles. The maximum Gasteiger partial charge on any atom is 0.175 e. The lowest BCUT2D eigenvalue weighted by Gasteiger charge is -2.12. The first-order valence-corrected chi connectivity index (χ1v) is 8.76. The van der Waals surface area contributed by atoms with E-state index in [0.29, 0.717) is 11.5 Å². The predicted octanol–water partition coefficient (Wildman–Crippen LogP) is 3.77. The predicted molar refractivity (Wildman–Crippen MR) is 85.6 cm³/mol. The van der Waals surface area contributed by atoms with Gasteiger partial charge in [0.05, 0.1) is 11.5 Å². The number of aryl methyl sites for hydroxylation is 2. The molecule has 0 fully saturated rings. The normalized spacial score (nSPS) is 11.4. The standard InChI is InChI=1S/C17H20O3S/c1-5-20-15-9-12(2)8-14(10-15)17-11-16(21(4,18)19)7-6-13(17)3/h6-11H,5H2,1-4H3. The van der Waals surface area contributed by atoms with Crippen LogP contribution in [0.5, 0.6) is 5.75 Å². The average molecular weight is 304 g/mol. The molecule has 0 radical (unpaired) electrons. The van der Waals surface area contributed by atoms with Crippen LogP contribution in [0.2, 0.25) is 0 Å². The zero-order valence-electron chi connectivity index (χ0n) is 12.8. The van der Waals surface area contributed by atoms with E-state index >= 15 is 0 Å². The molecule has 0 atom stereocenters. The molecule has 0 unspecified atom stereocenters. The van der Waals surface area contributed by atoms with Crippen LogP contribution in [0, 0.1) is 13.8 Å². The third kappa shape index (κ3) is 3.64. The van der Waals surface area contributed by atoms with Crippen molar-refractivity contribution in [2.75, 3.05) is 12.9 Å². The van der Waals surface area contributed by atoms with Crippen LogP contribution in [0.1, 0.15) is 18.1 Å². The highest BCUT2D eigenvalue weighted by Gasteiger charge is 2.11. The molecule has 0 heterocycles. The SMILES string of the molecule is CCOc1cc(C)cc(-c2cc(S(C)(=O)=O)ccc2C)c1. The van der Waals surface area contributed by atoms with Crippen molar-refractivity contribution in [1.29, 1.82) is 0 Å². The number of ether oxygens (including phenoxy) is 1. The first kappa shape index (κ1) is 15.6. The summed E-state index contributed by atoms with van der Waals surface area (Å²) in [6.07, 6.45) is 1.23. The Bertz CT molecular complexity index is 762. The van der Waals surface area contributed by atoms with Gasteiger partial charge in [-0.05, 0) is 67.3 Å². The summed E-state index contributed by atoms with van der Waals surface area (Å²) in [6.45, 7) is 6.52. The van der Waals surface area contributed by atoms with Gasteiger partial charge in [-0.2, -0.15) is 0 Å². The fraction of sp³-hybridized carbons (Fsp3) is 0.294. The minimum absolute atomic E-state index is 0.336. The van der Waals surface area contributed by atoms with Crippen molar-refractivity contribution in [2.24, 2.45) is 0 Å². The van der Waals surface area contributed by atoms with Crippen molar-refractivity contribution in [3.8, 4) is 16.9 Å². The lowest BCUT2D eigenvalue weighted by Crippen LogP contribution is -1.98. The van der Waals surface area contributed by atoms with Gasteiger partial charge in [-0.1, -0.05) is 12.1 Å². The zero-order chi connectivity index (χ0) is 15.6. The molecule has 2 rings (SSSR count). The monoisotopic (exact) mass is 304 g/mol. The highest BCUT2D eigenvalue weighted by molar-refractivity contribution is 7.90. The average Bonchev–Trinajstić information content (AvgIpc) is 2.37. The highest BCUT2D eigenvalue weighted by atomic mass is 32.2. The van der Waals surface area contributed by atoms with Gasteiger partial charge in [0, 0.05) is 6.26 Å². The van der Waals surface area contributed by atoms with Crippen LogP contribution in [0.25, 0.3) is 11.1 Å². The zero-order valence-corrected chi connectivity index (χ0v) is 13.6. The molecule has 0 bridgehead atoms. The Morgan fingerprint density at radius 2 is 1.76 bits per heavy atom. The fourth-order valence-electron chi connectivity index (χ4n) is 2.30. The molecule has 0 amide bonds. The Labute approximate surface area is 126 Å². The maximum atomic E-state index is 11.7. The third-order valence-electron chi connectivity index (χ3n) is 3.31. The molecule has 0 saturated heterocycles. The van der Waals surface area contributed by atoms with Gasteiger partial charge in [0.15, 0.2) is 9.84 Å². The molecule has 2 aromatic rings. The van der Waals surface area contributed by atoms with Crippen molar-refractivity contribution in [1.82, 2.24) is 0 Å². The van der Waals surface area contributed by atoms with E-state index in [4.69, 9.17) is 4.74 Å². The molecule has 0 N–H and O–H groups in total. The minimum atomic E-state index is -3.21. The van der Waals surface area contributed by atoms with Crippen LogP contribution < -0.4 is 4.74 Å². The molecule has 3 nitrogen and oxygen atoms in total. The van der Waals surface area contributed by atoms with Crippen LogP contribution in [0.3, 0.4) is 0 Å². The van der Waals surface area contributed by atoms with Gasteiger partial charge >= 0.3 is 0 Å². The lowest BCUT2D eigenvalue weighted by molar-refractivity contribution is 0.340. The first-order valence-electron chi connectivity index (χ1n) is 6.87. The fourth-order valence-corrected chi connectivity index (χ4v) is 2.94. The molecule has 4 heteroatoms. The van der Waals surface area contributed by atoms with Crippen molar-refractivity contribution in [2.45, 2.75) is 25.7 Å². The van der Waals surface area contributed by atoms with Gasteiger partial charge in [0.25, 0.3) is 0 Å². The van der Waals surface area contributed by atoms with E-state index in [1.165, 1.54) is 6.26 Å². The number of hydrogen-bond acceptors (Lipinski definition) is 3. The van der Waals surface area contributed by atoms with Crippen LogP contribution in [0.15, 0.2) is 41.3 Å². The van der Waals surface area contributed by atoms with Gasteiger partial charge in [-0.15, -0.1) is 0 Å². The van der Waals surface area contributed by atoms with Crippen LogP contribution in [-0.4, -0.2) is 21.3 Å². The molecular weight excluding hydrogens is 284 g/mol. The minimum Gasteiger partial charge on any atom is -0.494 e. The number of rotatable bonds is 4. The molecule has 0 saturated carbocycles. The number of benzene rings is 2. The molecule has 0 aromatic heterocycles. The van der Waals surface area contributed by atoms with Gasteiger partial charge in [-0.3, -0.25) is 0 Å². The Morgan fingerprint density at radius 1 is 1.05 bits per heavy atom. The summed E-state index contributed by atoms with van der Waals surface area (Å²) in [5.41, 5.74) is 4.01. The van der Waals surface area contributed by atoms with Crippen LogP contribution in [-0.2, 0) is 9.84 Å². The Balaban J connectivity index is 2.61. The summed E-state index contributed by atoms with van der Waals surface area (Å²) in [5.74, 6) is 0.802. The second kappa shape index (κ2) is 5.90. The lowest BCUT2D eigenvalue weighted by atomic mass is 9.99. The van der Waals surface area contributed by atoms with E-state index in [1.807, 2.05) is 45.0 Å². The van der Waals surface area contributed by atoms with E-state index in [0.717, 1.165) is 28.0 Å². The van der Waals surface area contributed by atoms with Gasteiger partial charge < -0.3 is 4.74 Å². The summed E-state index contributed by atoms with van der Waals surface area (Å²) < 4.78 is 29.0. The van der Waals surface area contributed by atoms with Crippen LogP contribution >= 0.6 is 0 Å². The van der Waals surface area contributed by atoms with E-state index in [2.05, 4.69) is 0 Å². The summed E-state index contributed by atoms with van der Waals surface area (Å²) in [5, 5.41) is 0. The largest absolute Gasteiger partial charge is 0.494 e. The van der Waals surface area contributed by atoms with Crippen molar-refractivity contribution in [3.05, 3.63) is 47.5 Å². The van der Waals surface area contributed by atoms with Gasteiger partial charge in [0.2, 0.25) is 0 Å². The highest BCUT2D eigenvalue weighted by Crippen LogP contribution is 2.30. The Hall–Kier alpha value is -1.81.